The van der Waals surface area contributed by atoms with Crippen LogP contribution in [0.25, 0.3) is 0 Å². The topological polar surface area (TPSA) is 89.7 Å². The van der Waals surface area contributed by atoms with E-state index in [9.17, 15) is 20.0 Å². The van der Waals surface area contributed by atoms with E-state index in [1.54, 1.807) is 0 Å². The Labute approximate surface area is 79.6 Å². The van der Waals surface area contributed by atoms with Crippen molar-refractivity contribution >= 4 is 5.97 Å². The van der Waals surface area contributed by atoms with E-state index in [0.29, 0.717) is 0 Å². The Morgan fingerprint density at radius 2 is 2.36 bits per heavy atom. The Morgan fingerprint density at radius 3 is 2.79 bits per heavy atom. The number of ether oxygens (including phenoxy) is 1. The zero-order valence-corrected chi connectivity index (χ0v) is 7.41. The van der Waals surface area contributed by atoms with Crippen LogP contribution in [0.5, 0.6) is 0 Å². The summed E-state index contributed by atoms with van der Waals surface area (Å²) in [5.74, 6) is -0.623. The molecule has 6 nitrogen and oxygen atoms in total. The second-order valence-electron chi connectivity index (χ2n) is 2.74. The first kappa shape index (κ1) is 10.4. The lowest BCUT2D eigenvalue weighted by molar-refractivity contribution is -0.518. The minimum atomic E-state index is -1.29. The van der Waals surface area contributed by atoms with Crippen LogP contribution in [-0.4, -0.2) is 35.3 Å². The standard InChI is InChI=1S/C8H9NO5/c1-14-8(11)5-2-3-6(9(12)13)7(10)4-5/h2-4,6-7,10H,1H3. The zero-order valence-electron chi connectivity index (χ0n) is 7.41. The van der Waals surface area contributed by atoms with Gasteiger partial charge in [-0.25, -0.2) is 4.79 Å². The number of rotatable bonds is 2. The molecule has 0 heterocycles. The van der Waals surface area contributed by atoms with Crippen molar-refractivity contribution in [3.63, 3.8) is 0 Å². The summed E-state index contributed by atoms with van der Waals surface area (Å²) in [5.41, 5.74) is 0.123. The number of methoxy groups -OCH3 is 1. The van der Waals surface area contributed by atoms with E-state index in [2.05, 4.69) is 4.74 Å². The average molecular weight is 199 g/mol. The maximum Gasteiger partial charge on any atom is 0.337 e. The van der Waals surface area contributed by atoms with Crippen LogP contribution in [0.15, 0.2) is 23.8 Å². The summed E-state index contributed by atoms with van der Waals surface area (Å²) >= 11 is 0. The lowest BCUT2D eigenvalue weighted by atomic mass is 10.0. The third kappa shape index (κ3) is 1.97. The minimum absolute atomic E-state index is 0.123. The Bertz CT molecular complexity index is 320. The van der Waals surface area contributed by atoms with Crippen molar-refractivity contribution in [1.82, 2.24) is 0 Å². The van der Waals surface area contributed by atoms with E-state index in [-0.39, 0.29) is 5.57 Å². The number of carbonyl (C=O) groups is 1. The van der Waals surface area contributed by atoms with Gasteiger partial charge in [-0.1, -0.05) is 0 Å². The molecule has 0 saturated carbocycles. The number of aliphatic hydroxyl groups is 1. The molecule has 0 aliphatic heterocycles. The van der Waals surface area contributed by atoms with Crippen LogP contribution in [0.4, 0.5) is 0 Å². The fourth-order valence-corrected chi connectivity index (χ4v) is 1.10. The van der Waals surface area contributed by atoms with Gasteiger partial charge in [0.05, 0.1) is 12.7 Å². The lowest BCUT2D eigenvalue weighted by Gasteiger charge is -2.14. The first-order valence-corrected chi connectivity index (χ1v) is 3.86. The molecular formula is C8H9NO5. The largest absolute Gasteiger partial charge is 0.465 e. The van der Waals surface area contributed by atoms with Gasteiger partial charge in [-0.15, -0.1) is 0 Å². The maximum atomic E-state index is 11.0. The number of carbonyl (C=O) groups excluding carboxylic acids is 1. The Hall–Kier alpha value is -1.69. The first-order valence-electron chi connectivity index (χ1n) is 3.86. The number of hydrogen-bond acceptors (Lipinski definition) is 5. The smallest absolute Gasteiger partial charge is 0.337 e. The summed E-state index contributed by atoms with van der Waals surface area (Å²) in [7, 11) is 1.20. The molecule has 6 heteroatoms. The van der Waals surface area contributed by atoms with E-state index in [4.69, 9.17) is 0 Å². The van der Waals surface area contributed by atoms with Crippen molar-refractivity contribution in [3.8, 4) is 0 Å². The van der Waals surface area contributed by atoms with Crippen molar-refractivity contribution < 1.29 is 19.6 Å². The Kier molecular flexibility index (Phi) is 2.98. The third-order valence-corrected chi connectivity index (χ3v) is 1.84. The predicted octanol–water partition coefficient (Wildman–Crippen LogP) is -0.338. The molecule has 0 spiro atoms. The normalized spacial score (nSPS) is 25.4. The van der Waals surface area contributed by atoms with Gasteiger partial charge in [0.15, 0.2) is 0 Å². The monoisotopic (exact) mass is 199 g/mol. The molecule has 0 saturated heterocycles. The molecule has 1 rings (SSSR count). The van der Waals surface area contributed by atoms with Crippen molar-refractivity contribution in [2.45, 2.75) is 12.1 Å². The quantitative estimate of drug-likeness (QED) is 0.373. The van der Waals surface area contributed by atoms with Crippen molar-refractivity contribution in [2.24, 2.45) is 0 Å². The number of esters is 1. The molecule has 0 radical (unpaired) electrons. The van der Waals surface area contributed by atoms with Gasteiger partial charge in [0, 0.05) is 4.92 Å². The SMILES string of the molecule is COC(=O)C1=CC(O)C([N+](=O)[O-])C=C1. The molecule has 0 aromatic heterocycles. The maximum absolute atomic E-state index is 11.0. The van der Waals surface area contributed by atoms with Crippen molar-refractivity contribution in [2.75, 3.05) is 7.11 Å². The summed E-state index contributed by atoms with van der Waals surface area (Å²) in [6, 6.07) is -1.19. The highest BCUT2D eigenvalue weighted by Crippen LogP contribution is 2.14. The van der Waals surface area contributed by atoms with Gasteiger partial charge in [0.1, 0.15) is 6.10 Å². The van der Waals surface area contributed by atoms with Crippen molar-refractivity contribution in [1.29, 1.82) is 0 Å². The summed E-state index contributed by atoms with van der Waals surface area (Å²) in [5, 5.41) is 19.6. The molecule has 0 aromatic carbocycles. The molecule has 0 amide bonds. The molecule has 76 valence electrons. The lowest BCUT2D eigenvalue weighted by Crippen LogP contribution is -2.33. The summed E-state index contributed by atoms with van der Waals surface area (Å²) < 4.78 is 4.39. The second kappa shape index (κ2) is 4.01. The number of nitrogens with zero attached hydrogens (tertiary/aromatic N) is 1. The first-order chi connectivity index (χ1) is 6.56. The molecule has 1 aliphatic carbocycles. The van der Waals surface area contributed by atoms with Gasteiger partial charge in [0.2, 0.25) is 0 Å². The predicted molar refractivity (Wildman–Crippen MR) is 46.0 cm³/mol. The fourth-order valence-electron chi connectivity index (χ4n) is 1.10. The highest BCUT2D eigenvalue weighted by molar-refractivity contribution is 5.91. The van der Waals surface area contributed by atoms with E-state index in [1.165, 1.54) is 13.2 Å². The Balaban J connectivity index is 2.81. The molecule has 1 aliphatic rings. The molecule has 1 N–H and O–H groups in total. The van der Waals surface area contributed by atoms with Gasteiger partial charge in [0.25, 0.3) is 6.04 Å². The van der Waals surface area contributed by atoms with Crippen LogP contribution in [-0.2, 0) is 9.53 Å². The average Bonchev–Trinajstić information content (AvgIpc) is 2.15. The summed E-state index contributed by atoms with van der Waals surface area (Å²) in [6.45, 7) is 0. The molecule has 2 unspecified atom stereocenters. The van der Waals surface area contributed by atoms with Gasteiger partial charge < -0.3 is 9.84 Å². The molecule has 0 fully saturated rings. The number of aliphatic hydroxyl groups excluding tert-OH is 1. The van der Waals surface area contributed by atoms with Crippen LogP contribution in [0, 0.1) is 10.1 Å². The van der Waals surface area contributed by atoms with Crippen LogP contribution in [0.1, 0.15) is 0 Å². The fraction of sp³-hybridized carbons (Fsp3) is 0.375. The summed E-state index contributed by atoms with van der Waals surface area (Å²) in [6.07, 6.45) is 2.26. The van der Waals surface area contributed by atoms with E-state index in [0.717, 1.165) is 12.2 Å². The van der Waals surface area contributed by atoms with Crippen LogP contribution in [0.2, 0.25) is 0 Å². The Morgan fingerprint density at radius 1 is 1.71 bits per heavy atom. The van der Waals surface area contributed by atoms with Gasteiger partial charge in [-0.05, 0) is 18.2 Å². The molecule has 0 bridgehead atoms. The highest BCUT2D eigenvalue weighted by atomic mass is 16.6. The molecular weight excluding hydrogens is 190 g/mol. The second-order valence-corrected chi connectivity index (χ2v) is 2.74. The van der Waals surface area contributed by atoms with Gasteiger partial charge in [-0.2, -0.15) is 0 Å². The third-order valence-electron chi connectivity index (χ3n) is 1.84. The number of nitro groups is 1. The zero-order chi connectivity index (χ0) is 10.7. The van der Waals surface area contributed by atoms with E-state index >= 15 is 0 Å². The van der Waals surface area contributed by atoms with Crippen LogP contribution in [0.3, 0.4) is 0 Å². The van der Waals surface area contributed by atoms with Crippen LogP contribution < -0.4 is 0 Å². The van der Waals surface area contributed by atoms with Crippen LogP contribution >= 0.6 is 0 Å². The molecule has 0 aromatic rings. The van der Waals surface area contributed by atoms with Crippen molar-refractivity contribution in [3.05, 3.63) is 33.9 Å². The van der Waals surface area contributed by atoms with Gasteiger partial charge >= 0.3 is 5.97 Å². The van der Waals surface area contributed by atoms with E-state index < -0.39 is 23.0 Å². The number of hydrogen-bond donors (Lipinski definition) is 1. The highest BCUT2D eigenvalue weighted by Gasteiger charge is 2.29. The minimum Gasteiger partial charge on any atom is -0.465 e. The van der Waals surface area contributed by atoms with E-state index in [1.807, 2.05) is 0 Å². The molecule has 2 atom stereocenters. The molecule has 14 heavy (non-hydrogen) atoms. The summed E-state index contributed by atoms with van der Waals surface area (Å²) in [4.78, 5) is 20.7. The van der Waals surface area contributed by atoms with Gasteiger partial charge in [-0.3, -0.25) is 10.1 Å².